The van der Waals surface area contributed by atoms with Gasteiger partial charge >= 0.3 is 0 Å². The van der Waals surface area contributed by atoms with Crippen LogP contribution in [0.1, 0.15) is 25.1 Å². The third kappa shape index (κ3) is 5.53. The van der Waals surface area contributed by atoms with Crippen LogP contribution in [-0.2, 0) is 18.3 Å². The number of rotatable bonds is 9. The SMILES string of the molecule is Cn1c(CCCOc2ccc(Cl)cc2Cl)nnc1SCC(=O)NC1CC1. The predicted octanol–water partition coefficient (Wildman–Crippen LogP) is 3.50. The van der Waals surface area contributed by atoms with E-state index in [-0.39, 0.29) is 5.91 Å². The highest BCUT2D eigenvalue weighted by atomic mass is 35.5. The van der Waals surface area contributed by atoms with Crippen molar-refractivity contribution < 1.29 is 9.53 Å². The molecule has 0 spiro atoms. The fourth-order valence-corrected chi connectivity index (χ4v) is 3.52. The molecule has 2 aromatic rings. The molecule has 1 aliphatic carbocycles. The smallest absolute Gasteiger partial charge is 0.230 e. The van der Waals surface area contributed by atoms with Crippen LogP contribution in [0.15, 0.2) is 23.4 Å². The van der Waals surface area contributed by atoms with E-state index in [0.717, 1.165) is 36.7 Å². The maximum Gasteiger partial charge on any atom is 0.230 e. The number of hydrogen-bond donors (Lipinski definition) is 1. The Bertz CT molecular complexity index is 780. The number of carbonyl (C=O) groups is 1. The van der Waals surface area contributed by atoms with Crippen LogP contribution in [0, 0.1) is 0 Å². The van der Waals surface area contributed by atoms with E-state index in [1.165, 1.54) is 11.8 Å². The van der Waals surface area contributed by atoms with Crippen LogP contribution in [0.2, 0.25) is 10.0 Å². The molecule has 1 N–H and O–H groups in total. The van der Waals surface area contributed by atoms with E-state index < -0.39 is 0 Å². The minimum atomic E-state index is 0.0512. The third-order valence-electron chi connectivity index (χ3n) is 3.90. The van der Waals surface area contributed by atoms with Crippen LogP contribution in [0.3, 0.4) is 0 Å². The van der Waals surface area contributed by atoms with Gasteiger partial charge in [-0.25, -0.2) is 0 Å². The Balaban J connectivity index is 1.42. The van der Waals surface area contributed by atoms with Crippen LogP contribution in [0.4, 0.5) is 0 Å². The van der Waals surface area contributed by atoms with Crippen molar-refractivity contribution in [2.45, 2.75) is 36.9 Å². The lowest BCUT2D eigenvalue weighted by Crippen LogP contribution is -2.27. The second-order valence-electron chi connectivity index (χ2n) is 6.12. The first-order chi connectivity index (χ1) is 12.5. The number of halogens is 2. The van der Waals surface area contributed by atoms with Gasteiger partial charge in [0.2, 0.25) is 5.91 Å². The Morgan fingerprint density at radius 2 is 2.19 bits per heavy atom. The topological polar surface area (TPSA) is 69.0 Å². The quantitative estimate of drug-likeness (QED) is 0.502. The van der Waals surface area contributed by atoms with Crippen molar-refractivity contribution in [3.63, 3.8) is 0 Å². The largest absolute Gasteiger partial charge is 0.492 e. The highest BCUT2D eigenvalue weighted by molar-refractivity contribution is 7.99. The number of benzene rings is 1. The number of nitrogens with zero attached hydrogens (tertiary/aromatic N) is 3. The maximum absolute atomic E-state index is 11.8. The van der Waals surface area contributed by atoms with Crippen molar-refractivity contribution in [3.05, 3.63) is 34.1 Å². The Morgan fingerprint density at radius 1 is 1.38 bits per heavy atom. The van der Waals surface area contributed by atoms with Crippen molar-refractivity contribution in [1.29, 1.82) is 0 Å². The number of carbonyl (C=O) groups excluding carboxylic acids is 1. The van der Waals surface area contributed by atoms with Crippen LogP contribution < -0.4 is 10.1 Å². The van der Waals surface area contributed by atoms with Gasteiger partial charge in [-0.05, 0) is 37.5 Å². The molecule has 0 atom stereocenters. The normalized spacial score (nSPS) is 13.7. The number of amides is 1. The Labute approximate surface area is 166 Å². The fourth-order valence-electron chi connectivity index (χ4n) is 2.32. The van der Waals surface area contributed by atoms with Gasteiger partial charge in [-0.1, -0.05) is 35.0 Å². The van der Waals surface area contributed by atoms with Gasteiger partial charge in [-0.15, -0.1) is 10.2 Å². The highest BCUT2D eigenvalue weighted by Gasteiger charge is 2.23. The van der Waals surface area contributed by atoms with Crippen LogP contribution in [0.5, 0.6) is 5.75 Å². The van der Waals surface area contributed by atoms with Gasteiger partial charge in [0.05, 0.1) is 17.4 Å². The molecule has 0 unspecified atom stereocenters. The summed E-state index contributed by atoms with van der Waals surface area (Å²) in [6.45, 7) is 0.514. The summed E-state index contributed by atoms with van der Waals surface area (Å²) in [4.78, 5) is 11.8. The molecule has 1 saturated carbocycles. The van der Waals surface area contributed by atoms with Crippen molar-refractivity contribution in [2.75, 3.05) is 12.4 Å². The van der Waals surface area contributed by atoms with E-state index in [1.54, 1.807) is 18.2 Å². The summed E-state index contributed by atoms with van der Waals surface area (Å²) >= 11 is 13.3. The number of hydrogen-bond acceptors (Lipinski definition) is 5. The zero-order valence-electron chi connectivity index (χ0n) is 14.4. The number of nitrogens with one attached hydrogen (secondary N) is 1. The van der Waals surface area contributed by atoms with E-state index in [0.29, 0.717) is 34.2 Å². The van der Waals surface area contributed by atoms with E-state index in [2.05, 4.69) is 15.5 Å². The lowest BCUT2D eigenvalue weighted by atomic mass is 10.3. The maximum atomic E-state index is 11.8. The minimum absolute atomic E-state index is 0.0512. The average Bonchev–Trinajstić information content (AvgIpc) is 3.34. The molecule has 0 aliphatic heterocycles. The number of thioether (sulfide) groups is 1. The van der Waals surface area contributed by atoms with Gasteiger partial charge in [0.1, 0.15) is 11.6 Å². The first-order valence-electron chi connectivity index (χ1n) is 8.41. The predicted molar refractivity (Wildman–Crippen MR) is 103 cm³/mol. The second-order valence-corrected chi connectivity index (χ2v) is 7.90. The summed E-state index contributed by atoms with van der Waals surface area (Å²) in [6.07, 6.45) is 3.68. The zero-order chi connectivity index (χ0) is 18.5. The van der Waals surface area contributed by atoms with Gasteiger partial charge in [0.25, 0.3) is 0 Å². The van der Waals surface area contributed by atoms with Crippen LogP contribution in [-0.4, -0.2) is 39.1 Å². The zero-order valence-corrected chi connectivity index (χ0v) is 16.7. The standard InChI is InChI=1S/C17H20Cl2N4O2S/c1-23-15(3-2-8-25-14-7-4-11(18)9-13(14)19)21-22-17(23)26-10-16(24)20-12-5-6-12/h4,7,9,12H,2-3,5-6,8,10H2,1H3,(H,20,24). The Kier molecular flexibility index (Phi) is 6.67. The Hall–Kier alpha value is -1.44. The van der Waals surface area contributed by atoms with Gasteiger partial charge in [0, 0.05) is 24.5 Å². The van der Waals surface area contributed by atoms with Gasteiger partial charge < -0.3 is 14.6 Å². The molecule has 1 aromatic carbocycles. The van der Waals surface area contributed by atoms with Gasteiger partial charge in [-0.2, -0.15) is 0 Å². The summed E-state index contributed by atoms with van der Waals surface area (Å²) in [6, 6.07) is 5.54. The molecule has 9 heteroatoms. The molecular formula is C17H20Cl2N4O2S. The van der Waals surface area contributed by atoms with Crippen LogP contribution in [0.25, 0.3) is 0 Å². The van der Waals surface area contributed by atoms with E-state index in [9.17, 15) is 4.79 Å². The highest BCUT2D eigenvalue weighted by Crippen LogP contribution is 2.27. The van der Waals surface area contributed by atoms with E-state index in [1.807, 2.05) is 11.6 Å². The minimum Gasteiger partial charge on any atom is -0.492 e. The molecule has 26 heavy (non-hydrogen) atoms. The van der Waals surface area contributed by atoms with Crippen molar-refractivity contribution in [3.8, 4) is 5.75 Å². The summed E-state index contributed by atoms with van der Waals surface area (Å²) in [5, 5.41) is 13.2. The van der Waals surface area contributed by atoms with Crippen molar-refractivity contribution >= 4 is 40.9 Å². The van der Waals surface area contributed by atoms with E-state index in [4.69, 9.17) is 27.9 Å². The summed E-state index contributed by atoms with van der Waals surface area (Å²) in [5.41, 5.74) is 0. The summed E-state index contributed by atoms with van der Waals surface area (Å²) in [7, 11) is 1.91. The molecule has 1 fully saturated rings. The fraction of sp³-hybridized carbons (Fsp3) is 0.471. The van der Waals surface area contributed by atoms with Gasteiger partial charge in [-0.3, -0.25) is 4.79 Å². The number of ether oxygens (including phenoxy) is 1. The molecule has 140 valence electrons. The molecule has 1 aromatic heterocycles. The average molecular weight is 415 g/mol. The molecule has 0 radical (unpaired) electrons. The number of aryl methyl sites for hydroxylation is 1. The third-order valence-corrected chi connectivity index (χ3v) is 5.45. The van der Waals surface area contributed by atoms with Crippen molar-refractivity contribution in [2.24, 2.45) is 7.05 Å². The van der Waals surface area contributed by atoms with Gasteiger partial charge in [0.15, 0.2) is 5.16 Å². The molecule has 1 heterocycles. The van der Waals surface area contributed by atoms with E-state index >= 15 is 0 Å². The molecule has 1 aliphatic rings. The molecule has 3 rings (SSSR count). The molecule has 0 saturated heterocycles. The summed E-state index contributed by atoms with van der Waals surface area (Å²) in [5.74, 6) is 1.89. The molecule has 1 amide bonds. The lowest BCUT2D eigenvalue weighted by Gasteiger charge is -2.08. The first-order valence-corrected chi connectivity index (χ1v) is 10.2. The molecular weight excluding hydrogens is 395 g/mol. The Morgan fingerprint density at radius 3 is 2.92 bits per heavy atom. The first kappa shape index (κ1) is 19.3. The summed E-state index contributed by atoms with van der Waals surface area (Å²) < 4.78 is 7.60. The molecule has 6 nitrogen and oxygen atoms in total. The second kappa shape index (κ2) is 8.97. The lowest BCUT2D eigenvalue weighted by molar-refractivity contribution is -0.118. The number of aromatic nitrogens is 3. The molecule has 0 bridgehead atoms. The van der Waals surface area contributed by atoms with Crippen molar-refractivity contribution in [1.82, 2.24) is 20.1 Å². The monoisotopic (exact) mass is 414 g/mol. The van der Waals surface area contributed by atoms with Crippen LogP contribution >= 0.6 is 35.0 Å².